The molecule has 24 heavy (non-hydrogen) atoms. The molecule has 4 nitrogen and oxygen atoms in total. The van der Waals surface area contributed by atoms with Crippen molar-refractivity contribution >= 4 is 0 Å². The highest BCUT2D eigenvalue weighted by molar-refractivity contribution is 5.33. The summed E-state index contributed by atoms with van der Waals surface area (Å²) in [6.45, 7) is 5.28. The van der Waals surface area contributed by atoms with Crippen molar-refractivity contribution in [1.29, 1.82) is 0 Å². The fraction of sp³-hybridized carbons (Fsp3) is 0.412. The number of piperazine rings is 1. The van der Waals surface area contributed by atoms with Gasteiger partial charge in [0.1, 0.15) is 17.3 Å². The number of aryl methyl sites for hydroxylation is 1. The van der Waals surface area contributed by atoms with Crippen LogP contribution in [0.25, 0.3) is 0 Å². The Labute approximate surface area is 138 Å². The van der Waals surface area contributed by atoms with Crippen molar-refractivity contribution in [3.8, 4) is 5.75 Å². The van der Waals surface area contributed by atoms with E-state index in [1.807, 2.05) is 19.1 Å². The lowest BCUT2D eigenvalue weighted by atomic mass is 10.0. The molecule has 0 aliphatic carbocycles. The van der Waals surface area contributed by atoms with Gasteiger partial charge in [-0.2, -0.15) is 0 Å². The third kappa shape index (κ3) is 4.10. The maximum Gasteiger partial charge on any atom is 0.573 e. The molecule has 1 aromatic heterocycles. The van der Waals surface area contributed by atoms with Crippen LogP contribution < -0.4 is 10.1 Å². The molecular formula is C17H19F3N2O2. The van der Waals surface area contributed by atoms with Crippen LogP contribution in [0.2, 0.25) is 0 Å². The van der Waals surface area contributed by atoms with Crippen LogP contribution in [0.1, 0.15) is 23.1 Å². The summed E-state index contributed by atoms with van der Waals surface area (Å²) in [5.41, 5.74) is 0.876. The number of benzene rings is 1. The normalized spacial score (nSPS) is 17.7. The highest BCUT2D eigenvalue weighted by Crippen LogP contribution is 2.32. The molecule has 1 atom stereocenters. The van der Waals surface area contributed by atoms with E-state index in [2.05, 4.69) is 15.0 Å². The van der Waals surface area contributed by atoms with Crippen molar-refractivity contribution in [2.24, 2.45) is 0 Å². The lowest BCUT2D eigenvalue weighted by molar-refractivity contribution is -0.274. The van der Waals surface area contributed by atoms with Crippen molar-refractivity contribution in [1.82, 2.24) is 10.2 Å². The van der Waals surface area contributed by atoms with Gasteiger partial charge >= 0.3 is 6.36 Å². The summed E-state index contributed by atoms with van der Waals surface area (Å²) in [4.78, 5) is 2.26. The van der Waals surface area contributed by atoms with Gasteiger partial charge in [-0.05, 0) is 36.8 Å². The van der Waals surface area contributed by atoms with Crippen LogP contribution in [0.4, 0.5) is 13.2 Å². The summed E-state index contributed by atoms with van der Waals surface area (Å²) in [7, 11) is 0. The van der Waals surface area contributed by atoms with Crippen molar-refractivity contribution in [2.75, 3.05) is 26.2 Å². The molecule has 0 amide bonds. The van der Waals surface area contributed by atoms with Crippen LogP contribution in [0.15, 0.2) is 40.8 Å². The fourth-order valence-electron chi connectivity index (χ4n) is 2.95. The Balaban J connectivity index is 1.87. The van der Waals surface area contributed by atoms with Crippen LogP contribution in [-0.4, -0.2) is 37.4 Å². The van der Waals surface area contributed by atoms with Gasteiger partial charge in [-0.1, -0.05) is 12.1 Å². The van der Waals surface area contributed by atoms with E-state index in [1.54, 1.807) is 12.1 Å². The highest BCUT2D eigenvalue weighted by atomic mass is 19.4. The van der Waals surface area contributed by atoms with Gasteiger partial charge in [0.2, 0.25) is 0 Å². The Morgan fingerprint density at radius 1 is 1.08 bits per heavy atom. The average molecular weight is 340 g/mol. The molecule has 0 bridgehead atoms. The predicted molar refractivity (Wildman–Crippen MR) is 82.9 cm³/mol. The SMILES string of the molecule is Cc1ccc([C@H](c2ccc(OC(F)(F)F)cc2)N2CCNCC2)o1. The number of nitrogens with zero attached hydrogens (tertiary/aromatic N) is 1. The summed E-state index contributed by atoms with van der Waals surface area (Å²) >= 11 is 0. The van der Waals surface area contributed by atoms with Crippen molar-refractivity contribution < 1.29 is 22.3 Å². The number of hydrogen-bond donors (Lipinski definition) is 1. The van der Waals surface area contributed by atoms with Crippen molar-refractivity contribution in [2.45, 2.75) is 19.3 Å². The molecule has 130 valence electrons. The minimum absolute atomic E-state index is 0.124. The number of halogens is 3. The first-order valence-electron chi connectivity index (χ1n) is 7.79. The fourth-order valence-corrected chi connectivity index (χ4v) is 2.95. The molecule has 0 unspecified atom stereocenters. The van der Waals surface area contributed by atoms with Crippen LogP contribution in [0.5, 0.6) is 5.75 Å². The standard InChI is InChI=1S/C17H19F3N2O2/c1-12-2-7-15(23-12)16(22-10-8-21-9-11-22)13-3-5-14(6-4-13)24-17(18,19)20/h2-7,16,21H,8-11H2,1H3/t16-/m0/s1. The number of rotatable bonds is 4. The van der Waals surface area contributed by atoms with Gasteiger partial charge in [0, 0.05) is 26.2 Å². The molecular weight excluding hydrogens is 321 g/mol. The van der Waals surface area contributed by atoms with E-state index < -0.39 is 6.36 Å². The average Bonchev–Trinajstić information content (AvgIpc) is 2.95. The van der Waals surface area contributed by atoms with Gasteiger partial charge < -0.3 is 14.5 Å². The molecule has 1 aliphatic heterocycles. The van der Waals surface area contributed by atoms with Crippen LogP contribution in [0, 0.1) is 6.92 Å². The predicted octanol–water partition coefficient (Wildman–Crippen LogP) is 3.48. The van der Waals surface area contributed by atoms with Gasteiger partial charge in [0.25, 0.3) is 0 Å². The molecule has 3 rings (SSSR count). The summed E-state index contributed by atoms with van der Waals surface area (Å²) in [6, 6.07) is 9.69. The van der Waals surface area contributed by atoms with E-state index in [0.29, 0.717) is 0 Å². The van der Waals surface area contributed by atoms with Crippen LogP contribution >= 0.6 is 0 Å². The Morgan fingerprint density at radius 3 is 2.29 bits per heavy atom. The third-order valence-corrected chi connectivity index (χ3v) is 3.98. The first-order chi connectivity index (χ1) is 11.4. The molecule has 1 saturated heterocycles. The van der Waals surface area contributed by atoms with E-state index >= 15 is 0 Å². The molecule has 1 aromatic carbocycles. The van der Waals surface area contributed by atoms with Crippen LogP contribution in [0.3, 0.4) is 0 Å². The Kier molecular flexibility index (Phi) is 4.82. The molecule has 1 fully saturated rings. The van der Waals surface area contributed by atoms with Crippen molar-refractivity contribution in [3.63, 3.8) is 0 Å². The first kappa shape index (κ1) is 16.9. The first-order valence-corrected chi connectivity index (χ1v) is 7.79. The van der Waals surface area contributed by atoms with E-state index in [4.69, 9.17) is 4.42 Å². The van der Waals surface area contributed by atoms with Gasteiger partial charge in [0.15, 0.2) is 0 Å². The summed E-state index contributed by atoms with van der Waals surface area (Å²) in [5.74, 6) is 1.38. The number of hydrogen-bond acceptors (Lipinski definition) is 4. The monoisotopic (exact) mass is 340 g/mol. The maximum absolute atomic E-state index is 12.3. The van der Waals surface area contributed by atoms with E-state index in [9.17, 15) is 13.2 Å². The second-order valence-corrected chi connectivity index (χ2v) is 5.75. The van der Waals surface area contributed by atoms with Crippen molar-refractivity contribution in [3.05, 3.63) is 53.5 Å². The maximum atomic E-state index is 12.3. The molecule has 1 aliphatic rings. The molecule has 1 N–H and O–H groups in total. The second-order valence-electron chi connectivity index (χ2n) is 5.75. The van der Waals surface area contributed by atoms with Gasteiger partial charge in [-0.25, -0.2) is 0 Å². The lowest BCUT2D eigenvalue weighted by Crippen LogP contribution is -2.45. The van der Waals surface area contributed by atoms with Gasteiger partial charge in [0.05, 0.1) is 6.04 Å². The van der Waals surface area contributed by atoms with E-state index in [-0.39, 0.29) is 11.8 Å². The molecule has 2 heterocycles. The Morgan fingerprint density at radius 2 is 1.75 bits per heavy atom. The largest absolute Gasteiger partial charge is 0.573 e. The minimum Gasteiger partial charge on any atom is -0.464 e. The zero-order valence-electron chi connectivity index (χ0n) is 13.3. The Hall–Kier alpha value is -1.99. The Bertz CT molecular complexity index is 661. The number of furan rings is 1. The lowest BCUT2D eigenvalue weighted by Gasteiger charge is -2.34. The summed E-state index contributed by atoms with van der Waals surface area (Å²) in [6.07, 6.45) is -4.68. The van der Waals surface area contributed by atoms with Gasteiger partial charge in [-0.3, -0.25) is 4.90 Å². The smallest absolute Gasteiger partial charge is 0.464 e. The molecule has 0 saturated carbocycles. The zero-order chi connectivity index (χ0) is 17.2. The number of ether oxygens (including phenoxy) is 1. The quantitative estimate of drug-likeness (QED) is 0.925. The topological polar surface area (TPSA) is 37.6 Å². The van der Waals surface area contributed by atoms with Crippen LogP contribution in [-0.2, 0) is 0 Å². The molecule has 0 spiro atoms. The van der Waals surface area contributed by atoms with Gasteiger partial charge in [-0.15, -0.1) is 13.2 Å². The summed E-state index contributed by atoms with van der Waals surface area (Å²) in [5, 5.41) is 3.30. The second kappa shape index (κ2) is 6.86. The number of alkyl halides is 3. The highest BCUT2D eigenvalue weighted by Gasteiger charge is 2.31. The van der Waals surface area contributed by atoms with E-state index in [1.165, 1.54) is 12.1 Å². The molecule has 7 heteroatoms. The zero-order valence-corrected chi connectivity index (χ0v) is 13.3. The number of nitrogens with one attached hydrogen (secondary N) is 1. The molecule has 0 radical (unpaired) electrons. The third-order valence-electron chi connectivity index (χ3n) is 3.98. The molecule has 2 aromatic rings. The minimum atomic E-state index is -4.68. The van der Waals surface area contributed by atoms with E-state index in [0.717, 1.165) is 43.3 Å². The summed E-state index contributed by atoms with van der Waals surface area (Å²) < 4.78 is 46.7.